The second-order valence-electron chi connectivity index (χ2n) is 6.39. The molecular weight excluding hydrogens is 260 g/mol. The Hall–Kier alpha value is -1.45. The van der Waals surface area contributed by atoms with Crippen LogP contribution in [0.3, 0.4) is 0 Å². The van der Waals surface area contributed by atoms with E-state index in [9.17, 15) is 0 Å². The van der Waals surface area contributed by atoms with E-state index in [1.165, 1.54) is 23.8 Å². The maximum Gasteiger partial charge on any atom is 0.0873 e. The molecule has 1 aromatic carbocycles. The molecule has 2 fully saturated rings. The van der Waals surface area contributed by atoms with Crippen molar-refractivity contribution >= 4 is 10.9 Å². The van der Waals surface area contributed by atoms with Gasteiger partial charge in [0.2, 0.25) is 0 Å². The summed E-state index contributed by atoms with van der Waals surface area (Å²) in [5.41, 5.74) is 3.48. The highest BCUT2D eigenvalue weighted by Crippen LogP contribution is 2.38. The highest BCUT2D eigenvalue weighted by molar-refractivity contribution is 5.82. The lowest BCUT2D eigenvalue weighted by molar-refractivity contribution is 0.0915. The summed E-state index contributed by atoms with van der Waals surface area (Å²) in [4.78, 5) is 4.65. The van der Waals surface area contributed by atoms with Gasteiger partial charge < -0.3 is 10.1 Å². The Kier molecular flexibility index (Phi) is 3.40. The van der Waals surface area contributed by atoms with Crippen molar-refractivity contribution in [1.29, 1.82) is 0 Å². The Morgan fingerprint density at radius 2 is 2.10 bits per heavy atom. The Labute approximate surface area is 125 Å². The van der Waals surface area contributed by atoms with Crippen LogP contribution in [0, 0.1) is 12.8 Å². The first kappa shape index (κ1) is 13.2. The maximum absolute atomic E-state index is 6.10. The van der Waals surface area contributed by atoms with Gasteiger partial charge in [-0.05, 0) is 43.9 Å². The standard InChI is InChI=1S/C18H22N2O/c1-12-10-16(15-4-2-3-5-17(15)20-12)18-13(8-9-21-18)11-19-14-6-7-14/h2-5,10,13-14,18-19H,6-9,11H2,1H3. The van der Waals surface area contributed by atoms with Gasteiger partial charge in [-0.3, -0.25) is 4.98 Å². The summed E-state index contributed by atoms with van der Waals surface area (Å²) in [5, 5.41) is 4.91. The van der Waals surface area contributed by atoms with Crippen molar-refractivity contribution in [2.45, 2.75) is 38.3 Å². The van der Waals surface area contributed by atoms with E-state index >= 15 is 0 Å². The monoisotopic (exact) mass is 282 g/mol. The van der Waals surface area contributed by atoms with Gasteiger partial charge in [-0.15, -0.1) is 0 Å². The molecule has 21 heavy (non-hydrogen) atoms. The predicted octanol–water partition coefficient (Wildman–Crippen LogP) is 3.37. The minimum atomic E-state index is 0.211. The summed E-state index contributed by atoms with van der Waals surface area (Å²) in [6.07, 6.45) is 4.05. The van der Waals surface area contributed by atoms with Crippen LogP contribution in [0.2, 0.25) is 0 Å². The lowest BCUT2D eigenvalue weighted by Gasteiger charge is -2.21. The number of aryl methyl sites for hydroxylation is 1. The first-order valence-corrected chi connectivity index (χ1v) is 8.02. The summed E-state index contributed by atoms with van der Waals surface area (Å²) in [7, 11) is 0. The molecule has 0 bridgehead atoms. The van der Waals surface area contributed by atoms with E-state index in [2.05, 4.69) is 47.6 Å². The van der Waals surface area contributed by atoms with Crippen LogP contribution in [0.4, 0.5) is 0 Å². The van der Waals surface area contributed by atoms with Crippen molar-refractivity contribution in [3.05, 3.63) is 41.6 Å². The molecule has 110 valence electrons. The van der Waals surface area contributed by atoms with Crippen LogP contribution in [0.1, 0.15) is 36.6 Å². The van der Waals surface area contributed by atoms with Crippen LogP contribution in [0.25, 0.3) is 10.9 Å². The number of rotatable bonds is 4. The number of pyridine rings is 1. The zero-order valence-electron chi connectivity index (χ0n) is 12.5. The average Bonchev–Trinajstić information content (AvgIpc) is 3.21. The van der Waals surface area contributed by atoms with Crippen LogP contribution in [-0.4, -0.2) is 24.2 Å². The third kappa shape index (κ3) is 2.68. The summed E-state index contributed by atoms with van der Waals surface area (Å²) < 4.78 is 6.10. The van der Waals surface area contributed by atoms with Crippen LogP contribution in [0.5, 0.6) is 0 Å². The van der Waals surface area contributed by atoms with Gasteiger partial charge in [-0.25, -0.2) is 0 Å². The number of benzene rings is 1. The van der Waals surface area contributed by atoms with E-state index in [1.807, 2.05) is 0 Å². The lowest BCUT2D eigenvalue weighted by Crippen LogP contribution is -2.26. The molecule has 3 heteroatoms. The molecule has 1 aliphatic carbocycles. The number of ether oxygens (including phenoxy) is 1. The van der Waals surface area contributed by atoms with Crippen LogP contribution < -0.4 is 5.32 Å². The molecule has 1 aliphatic heterocycles. The van der Waals surface area contributed by atoms with Gasteiger partial charge in [0.05, 0.1) is 11.6 Å². The smallest absolute Gasteiger partial charge is 0.0873 e. The maximum atomic E-state index is 6.10. The Balaban J connectivity index is 1.67. The zero-order valence-corrected chi connectivity index (χ0v) is 12.5. The number of hydrogen-bond acceptors (Lipinski definition) is 3. The molecule has 2 aliphatic rings. The Bertz CT molecular complexity index is 651. The number of para-hydroxylation sites is 1. The van der Waals surface area contributed by atoms with Gasteiger partial charge in [0, 0.05) is 36.2 Å². The molecule has 1 saturated carbocycles. The van der Waals surface area contributed by atoms with E-state index in [0.717, 1.165) is 36.8 Å². The van der Waals surface area contributed by atoms with Crippen molar-refractivity contribution in [3.8, 4) is 0 Å². The largest absolute Gasteiger partial charge is 0.373 e. The number of nitrogens with zero attached hydrogens (tertiary/aromatic N) is 1. The van der Waals surface area contributed by atoms with Crippen molar-refractivity contribution in [2.24, 2.45) is 5.92 Å². The van der Waals surface area contributed by atoms with E-state index in [4.69, 9.17) is 4.74 Å². The summed E-state index contributed by atoms with van der Waals surface area (Å²) in [6.45, 7) is 4.02. The highest BCUT2D eigenvalue weighted by atomic mass is 16.5. The lowest BCUT2D eigenvalue weighted by atomic mass is 9.92. The molecule has 3 nitrogen and oxygen atoms in total. The van der Waals surface area contributed by atoms with E-state index in [-0.39, 0.29) is 6.10 Å². The topological polar surface area (TPSA) is 34.1 Å². The molecular formula is C18H22N2O. The fourth-order valence-corrected chi connectivity index (χ4v) is 3.37. The van der Waals surface area contributed by atoms with Gasteiger partial charge >= 0.3 is 0 Å². The van der Waals surface area contributed by atoms with Gasteiger partial charge in [0.15, 0.2) is 0 Å². The zero-order chi connectivity index (χ0) is 14.2. The SMILES string of the molecule is Cc1cc(C2OCCC2CNC2CC2)c2ccccc2n1. The van der Waals surface area contributed by atoms with Crippen molar-refractivity contribution in [3.63, 3.8) is 0 Å². The third-order valence-corrected chi connectivity index (χ3v) is 4.64. The van der Waals surface area contributed by atoms with Crippen molar-refractivity contribution in [2.75, 3.05) is 13.2 Å². The molecule has 1 saturated heterocycles. The fraction of sp³-hybridized carbons (Fsp3) is 0.500. The van der Waals surface area contributed by atoms with Crippen molar-refractivity contribution < 1.29 is 4.74 Å². The minimum absolute atomic E-state index is 0.211. The minimum Gasteiger partial charge on any atom is -0.373 e. The van der Waals surface area contributed by atoms with Crippen LogP contribution in [-0.2, 0) is 4.74 Å². The molecule has 0 amide bonds. The van der Waals surface area contributed by atoms with Crippen molar-refractivity contribution in [1.82, 2.24) is 10.3 Å². The summed E-state index contributed by atoms with van der Waals surface area (Å²) in [5.74, 6) is 0.579. The number of hydrogen-bond donors (Lipinski definition) is 1. The average molecular weight is 282 g/mol. The third-order valence-electron chi connectivity index (χ3n) is 4.64. The molecule has 4 rings (SSSR count). The molecule has 2 heterocycles. The van der Waals surface area contributed by atoms with Gasteiger partial charge in [0.25, 0.3) is 0 Å². The molecule has 2 atom stereocenters. The summed E-state index contributed by atoms with van der Waals surface area (Å²) >= 11 is 0. The van der Waals surface area contributed by atoms with E-state index < -0.39 is 0 Å². The number of aromatic nitrogens is 1. The summed E-state index contributed by atoms with van der Waals surface area (Å²) in [6, 6.07) is 11.4. The van der Waals surface area contributed by atoms with Crippen LogP contribution in [0.15, 0.2) is 30.3 Å². The van der Waals surface area contributed by atoms with E-state index in [0.29, 0.717) is 5.92 Å². The van der Waals surface area contributed by atoms with E-state index in [1.54, 1.807) is 0 Å². The van der Waals surface area contributed by atoms with Crippen LogP contribution >= 0.6 is 0 Å². The normalized spacial score (nSPS) is 25.6. The molecule has 0 radical (unpaired) electrons. The quantitative estimate of drug-likeness (QED) is 0.933. The first-order chi connectivity index (χ1) is 10.3. The molecule has 2 unspecified atom stereocenters. The Morgan fingerprint density at radius 3 is 2.95 bits per heavy atom. The number of fused-ring (bicyclic) bond motifs is 1. The molecule has 1 N–H and O–H groups in total. The van der Waals surface area contributed by atoms with Gasteiger partial charge in [-0.1, -0.05) is 18.2 Å². The predicted molar refractivity (Wildman–Crippen MR) is 84.3 cm³/mol. The molecule has 0 spiro atoms. The molecule has 1 aromatic heterocycles. The van der Waals surface area contributed by atoms with Gasteiger partial charge in [0.1, 0.15) is 0 Å². The van der Waals surface area contributed by atoms with Gasteiger partial charge in [-0.2, -0.15) is 0 Å². The Morgan fingerprint density at radius 1 is 1.24 bits per heavy atom. The second-order valence-corrected chi connectivity index (χ2v) is 6.39. The first-order valence-electron chi connectivity index (χ1n) is 8.02. The molecule has 2 aromatic rings. The number of nitrogens with one attached hydrogen (secondary N) is 1. The highest BCUT2D eigenvalue weighted by Gasteiger charge is 2.32. The second kappa shape index (κ2) is 5.39. The fourth-order valence-electron chi connectivity index (χ4n) is 3.37.